The van der Waals surface area contributed by atoms with Crippen molar-refractivity contribution in [1.82, 2.24) is 14.8 Å². The number of amides is 1. The van der Waals surface area contributed by atoms with Gasteiger partial charge < -0.3 is 14.9 Å². The fourth-order valence-electron chi connectivity index (χ4n) is 4.42. The molecule has 0 radical (unpaired) electrons. The number of hydrogen-bond acceptors (Lipinski definition) is 5. The molecule has 7 heteroatoms. The normalized spacial score (nSPS) is 16.7. The first-order valence-electron chi connectivity index (χ1n) is 11.2. The quantitative estimate of drug-likeness (QED) is 0.682. The Balaban J connectivity index is 1.65. The van der Waals surface area contributed by atoms with Crippen LogP contribution in [-0.4, -0.2) is 71.1 Å². The molecule has 6 nitrogen and oxygen atoms in total. The Kier molecular flexibility index (Phi) is 7.88. The van der Waals surface area contributed by atoms with Gasteiger partial charge in [-0.1, -0.05) is 23.8 Å². The largest absolute Gasteiger partial charge is 0.489 e. The first kappa shape index (κ1) is 24.2. The van der Waals surface area contributed by atoms with Crippen LogP contribution in [0.5, 0.6) is 0 Å². The lowest BCUT2D eigenvalue weighted by Crippen LogP contribution is -2.40. The number of benzene rings is 1. The van der Waals surface area contributed by atoms with Crippen LogP contribution in [-0.2, 0) is 0 Å². The molecule has 0 spiro atoms. The molecule has 1 aliphatic heterocycles. The van der Waals surface area contributed by atoms with E-state index in [0.717, 1.165) is 42.8 Å². The zero-order valence-corrected chi connectivity index (χ0v) is 19.7. The van der Waals surface area contributed by atoms with E-state index in [1.54, 1.807) is 31.3 Å². The first-order valence-corrected chi connectivity index (χ1v) is 11.2. The van der Waals surface area contributed by atoms with E-state index in [4.69, 9.17) is 0 Å². The van der Waals surface area contributed by atoms with Crippen molar-refractivity contribution in [2.24, 2.45) is 0 Å². The van der Waals surface area contributed by atoms with Crippen LogP contribution in [0.15, 0.2) is 42.1 Å². The highest BCUT2D eigenvalue weighted by molar-refractivity contribution is 6.59. The summed E-state index contributed by atoms with van der Waals surface area (Å²) in [7, 11) is 2.03. The number of piperidine rings is 1. The van der Waals surface area contributed by atoms with Crippen LogP contribution in [0.1, 0.15) is 59.8 Å². The van der Waals surface area contributed by atoms with Crippen LogP contribution in [0.2, 0.25) is 0 Å². The highest BCUT2D eigenvalue weighted by Gasteiger charge is 2.25. The van der Waals surface area contributed by atoms with Gasteiger partial charge in [0, 0.05) is 37.6 Å². The Bertz CT molecular complexity index is 965. The predicted octanol–water partition coefficient (Wildman–Crippen LogP) is 2.44. The molecule has 1 aromatic carbocycles. The summed E-state index contributed by atoms with van der Waals surface area (Å²) < 4.78 is 0. The third-order valence-electron chi connectivity index (χ3n) is 6.64. The molecule has 0 aliphatic carbocycles. The summed E-state index contributed by atoms with van der Waals surface area (Å²) in [6.07, 6.45) is 5.79. The van der Waals surface area contributed by atoms with Gasteiger partial charge in [-0.2, -0.15) is 0 Å². The molecule has 2 N–H and O–H groups in total. The van der Waals surface area contributed by atoms with Crippen molar-refractivity contribution >= 4 is 24.6 Å². The number of aryl methyl sites for hydroxylation is 1. The maximum atomic E-state index is 12.1. The highest BCUT2D eigenvalue weighted by Crippen LogP contribution is 2.30. The van der Waals surface area contributed by atoms with Crippen molar-refractivity contribution in [3.8, 4) is 0 Å². The number of nitrogens with zero attached hydrogens (tertiary/aromatic N) is 3. The van der Waals surface area contributed by atoms with E-state index in [9.17, 15) is 14.8 Å². The van der Waals surface area contributed by atoms with Crippen molar-refractivity contribution in [2.45, 2.75) is 45.6 Å². The summed E-state index contributed by atoms with van der Waals surface area (Å²) in [4.78, 5) is 20.5. The average molecular weight is 435 g/mol. The Morgan fingerprint density at radius 2 is 1.81 bits per heavy atom. The van der Waals surface area contributed by atoms with Crippen LogP contribution in [0.3, 0.4) is 0 Å². The summed E-state index contributed by atoms with van der Waals surface area (Å²) in [6, 6.07) is 9.96. The molecule has 2 aromatic rings. The molecule has 1 aromatic heterocycles. The van der Waals surface area contributed by atoms with Gasteiger partial charge in [-0.25, -0.2) is 0 Å². The Labute approximate surface area is 191 Å². The number of likely N-dealkylation sites (tertiary alicyclic amines) is 1. The lowest BCUT2D eigenvalue weighted by atomic mass is 9.76. The van der Waals surface area contributed by atoms with E-state index in [2.05, 4.69) is 35.9 Å². The van der Waals surface area contributed by atoms with Crippen LogP contribution in [0, 0.1) is 6.92 Å². The molecule has 1 fully saturated rings. The summed E-state index contributed by atoms with van der Waals surface area (Å²) in [5, 5.41) is 19.4. The maximum absolute atomic E-state index is 12.1. The molecule has 2 heterocycles. The topological polar surface area (TPSA) is 76.9 Å². The van der Waals surface area contributed by atoms with Crippen molar-refractivity contribution < 1.29 is 14.8 Å². The van der Waals surface area contributed by atoms with Crippen LogP contribution < -0.4 is 5.46 Å². The Hall–Kier alpha value is -2.48. The van der Waals surface area contributed by atoms with Gasteiger partial charge in [-0.3, -0.25) is 14.7 Å². The molecular weight excluding hydrogens is 401 g/mol. The van der Waals surface area contributed by atoms with E-state index in [0.29, 0.717) is 11.4 Å². The lowest BCUT2D eigenvalue weighted by molar-refractivity contribution is 0.0827. The number of hydrogen-bond donors (Lipinski definition) is 2. The number of carbonyl (C=O) groups excluding carboxylic acids is 1. The van der Waals surface area contributed by atoms with E-state index in [1.807, 2.05) is 25.1 Å². The van der Waals surface area contributed by atoms with Gasteiger partial charge >= 0.3 is 7.12 Å². The minimum atomic E-state index is -1.51. The molecule has 1 atom stereocenters. The van der Waals surface area contributed by atoms with Gasteiger partial charge in [0.15, 0.2) is 0 Å². The molecule has 1 unspecified atom stereocenters. The predicted molar refractivity (Wildman–Crippen MR) is 130 cm³/mol. The monoisotopic (exact) mass is 435 g/mol. The van der Waals surface area contributed by atoms with Gasteiger partial charge in [-0.15, -0.1) is 0 Å². The third kappa shape index (κ3) is 5.47. The number of rotatable bonds is 6. The Morgan fingerprint density at radius 3 is 2.38 bits per heavy atom. The van der Waals surface area contributed by atoms with Gasteiger partial charge in [0.2, 0.25) is 0 Å². The van der Waals surface area contributed by atoms with Gasteiger partial charge in [-0.05, 0) is 87.4 Å². The maximum Gasteiger partial charge on any atom is 0.489 e. The fourth-order valence-corrected chi connectivity index (χ4v) is 4.42. The van der Waals surface area contributed by atoms with Gasteiger partial charge in [0.1, 0.15) is 0 Å². The molecular formula is C25H34BN3O3. The Morgan fingerprint density at radius 1 is 1.19 bits per heavy atom. The van der Waals surface area contributed by atoms with Crippen molar-refractivity contribution in [3.63, 3.8) is 0 Å². The molecule has 32 heavy (non-hydrogen) atoms. The molecule has 0 bridgehead atoms. The summed E-state index contributed by atoms with van der Waals surface area (Å²) >= 11 is 0. The van der Waals surface area contributed by atoms with E-state index >= 15 is 0 Å². The van der Waals surface area contributed by atoms with Crippen molar-refractivity contribution in [2.75, 3.05) is 27.2 Å². The van der Waals surface area contributed by atoms with Crippen LogP contribution >= 0.6 is 0 Å². The zero-order chi connectivity index (χ0) is 23.4. The SMILES string of the molecule is C/C(=C\c1c(B(O)O)ccnc1C)C(C)N1CCC(c2ccc(C(=O)N(C)C)cc2)CC1. The molecule has 3 rings (SSSR count). The molecule has 170 valence electrons. The van der Waals surface area contributed by atoms with Crippen molar-refractivity contribution in [3.05, 3.63) is 64.5 Å². The summed E-state index contributed by atoms with van der Waals surface area (Å²) in [5.74, 6) is 0.533. The molecule has 1 aliphatic rings. The minimum absolute atomic E-state index is 0.0307. The van der Waals surface area contributed by atoms with Crippen molar-refractivity contribution in [1.29, 1.82) is 0 Å². The van der Waals surface area contributed by atoms with Gasteiger partial charge in [0.05, 0.1) is 0 Å². The average Bonchev–Trinajstić information content (AvgIpc) is 2.79. The standard InChI is InChI=1S/C25H34BN3O3/c1-17(16-23-18(2)27-13-10-24(23)26(31)32)19(3)29-14-11-21(12-15-29)20-6-8-22(9-7-20)25(30)28(4)5/h6-10,13,16,19,21,31-32H,11-12,14-15H2,1-5H3/b17-16+. The van der Waals surface area contributed by atoms with E-state index in [1.165, 1.54) is 11.1 Å². The van der Waals surface area contributed by atoms with Crippen LogP contribution in [0.25, 0.3) is 6.08 Å². The van der Waals surface area contributed by atoms with Crippen LogP contribution in [0.4, 0.5) is 0 Å². The minimum Gasteiger partial charge on any atom is -0.423 e. The zero-order valence-electron chi connectivity index (χ0n) is 19.7. The second kappa shape index (κ2) is 10.4. The van der Waals surface area contributed by atoms with Gasteiger partial charge in [0.25, 0.3) is 5.91 Å². The third-order valence-corrected chi connectivity index (χ3v) is 6.64. The molecule has 1 amide bonds. The molecule has 0 saturated carbocycles. The first-order chi connectivity index (χ1) is 15.2. The smallest absolute Gasteiger partial charge is 0.423 e. The second-order valence-corrected chi connectivity index (χ2v) is 8.97. The summed E-state index contributed by atoms with van der Waals surface area (Å²) in [5.41, 5.74) is 5.26. The molecule has 1 saturated heterocycles. The van der Waals surface area contributed by atoms with E-state index in [-0.39, 0.29) is 11.9 Å². The number of aromatic nitrogens is 1. The summed E-state index contributed by atoms with van der Waals surface area (Å²) in [6.45, 7) is 8.18. The lowest BCUT2D eigenvalue weighted by Gasteiger charge is -2.37. The van der Waals surface area contributed by atoms with E-state index < -0.39 is 7.12 Å². The second-order valence-electron chi connectivity index (χ2n) is 8.97. The number of pyridine rings is 1. The number of carbonyl (C=O) groups is 1. The highest BCUT2D eigenvalue weighted by atomic mass is 16.4. The fraction of sp³-hybridized carbons (Fsp3) is 0.440.